The second-order valence-corrected chi connectivity index (χ2v) is 8.25. The number of amides is 2. The molecule has 2 amide bonds. The molecule has 168 valence electrons. The quantitative estimate of drug-likeness (QED) is 0.673. The average Bonchev–Trinajstić information content (AvgIpc) is 3.05. The van der Waals surface area contributed by atoms with Crippen molar-refractivity contribution >= 4 is 23.1 Å². The number of hydrogen-bond donors (Lipinski definition) is 0. The minimum absolute atomic E-state index is 0.280. The predicted molar refractivity (Wildman–Crippen MR) is 124 cm³/mol. The molecule has 0 atom stereocenters. The van der Waals surface area contributed by atoms with Gasteiger partial charge >= 0.3 is 0 Å². The van der Waals surface area contributed by atoms with Gasteiger partial charge in [0, 0.05) is 26.2 Å². The summed E-state index contributed by atoms with van der Waals surface area (Å²) in [6.45, 7) is 6.94. The second-order valence-electron chi connectivity index (χ2n) is 8.25. The van der Waals surface area contributed by atoms with Gasteiger partial charge in [-0.1, -0.05) is 18.2 Å². The highest BCUT2D eigenvalue weighted by molar-refractivity contribution is 6.45. The molecule has 7 heteroatoms. The Morgan fingerprint density at radius 1 is 0.844 bits per heavy atom. The molecular weight excluding hydrogens is 406 g/mol. The fourth-order valence-electron chi connectivity index (χ4n) is 4.29. The highest BCUT2D eigenvalue weighted by atomic mass is 16.5. The van der Waals surface area contributed by atoms with Crippen LogP contribution < -0.4 is 14.4 Å². The van der Waals surface area contributed by atoms with E-state index in [2.05, 4.69) is 11.9 Å². The molecule has 2 heterocycles. The van der Waals surface area contributed by atoms with Gasteiger partial charge in [-0.2, -0.15) is 0 Å². The first-order valence-corrected chi connectivity index (χ1v) is 10.7. The smallest absolute Gasteiger partial charge is 0.282 e. The van der Waals surface area contributed by atoms with Crippen LogP contribution in [-0.2, 0) is 9.59 Å². The third kappa shape index (κ3) is 3.62. The van der Waals surface area contributed by atoms with E-state index in [0.717, 1.165) is 24.2 Å². The molecule has 0 saturated carbocycles. The molecule has 1 fully saturated rings. The first-order chi connectivity index (χ1) is 15.4. The Morgan fingerprint density at radius 3 is 2.19 bits per heavy atom. The minimum atomic E-state index is -0.315. The lowest BCUT2D eigenvalue weighted by Gasteiger charge is -2.34. The zero-order valence-corrected chi connectivity index (χ0v) is 19.3. The Morgan fingerprint density at radius 2 is 1.53 bits per heavy atom. The summed E-state index contributed by atoms with van der Waals surface area (Å²) >= 11 is 0. The molecule has 0 unspecified atom stereocenters. The molecule has 7 nitrogen and oxygen atoms in total. The highest BCUT2D eigenvalue weighted by Gasteiger charge is 2.43. The normalized spacial score (nSPS) is 17.4. The van der Waals surface area contributed by atoms with Crippen LogP contribution in [-0.4, -0.2) is 69.1 Å². The molecule has 4 rings (SSSR count). The zero-order chi connectivity index (χ0) is 23.0. The van der Waals surface area contributed by atoms with Gasteiger partial charge in [-0.3, -0.25) is 9.59 Å². The lowest BCUT2D eigenvalue weighted by Crippen LogP contribution is -2.46. The van der Waals surface area contributed by atoms with E-state index in [9.17, 15) is 9.59 Å². The summed E-state index contributed by atoms with van der Waals surface area (Å²) in [5.41, 5.74) is 4.08. The summed E-state index contributed by atoms with van der Waals surface area (Å²) in [6.07, 6.45) is 0. The lowest BCUT2D eigenvalue weighted by atomic mass is 10.0. The van der Waals surface area contributed by atoms with E-state index in [1.54, 1.807) is 26.4 Å². The van der Waals surface area contributed by atoms with Crippen molar-refractivity contribution in [3.8, 4) is 11.5 Å². The monoisotopic (exact) mass is 435 g/mol. The number of hydrogen-bond acceptors (Lipinski definition) is 6. The summed E-state index contributed by atoms with van der Waals surface area (Å²) in [5.74, 6) is 0.490. The third-order valence-electron chi connectivity index (χ3n) is 6.37. The second kappa shape index (κ2) is 8.67. The van der Waals surface area contributed by atoms with Crippen molar-refractivity contribution in [1.29, 1.82) is 0 Å². The summed E-state index contributed by atoms with van der Waals surface area (Å²) in [4.78, 5) is 33.1. The Bertz CT molecular complexity index is 1100. The Labute approximate surface area is 188 Å². The Hall–Kier alpha value is -3.32. The number of anilines is 1. The first-order valence-electron chi connectivity index (χ1n) is 10.7. The molecule has 2 aliphatic rings. The van der Waals surface area contributed by atoms with Crippen LogP contribution in [0.25, 0.3) is 5.57 Å². The standard InChI is InChI=1S/C25H29N3O4/c1-16-7-6-8-19(17(16)2)28-24(29)22(18-9-10-20(31-4)21(15-18)32-5)23(25(28)30)27-13-11-26(3)12-14-27/h6-10,15H,11-14H2,1-5H3. The maximum atomic E-state index is 13.8. The van der Waals surface area contributed by atoms with Gasteiger partial charge in [-0.15, -0.1) is 0 Å². The molecule has 0 spiro atoms. The van der Waals surface area contributed by atoms with Crippen molar-refractivity contribution in [2.24, 2.45) is 0 Å². The maximum absolute atomic E-state index is 13.8. The van der Waals surface area contributed by atoms with Crippen LogP contribution in [0.5, 0.6) is 11.5 Å². The number of imide groups is 1. The predicted octanol–water partition coefficient (Wildman–Crippen LogP) is 2.85. The molecule has 2 aromatic rings. The van der Waals surface area contributed by atoms with Crippen molar-refractivity contribution < 1.29 is 19.1 Å². The first kappa shape index (κ1) is 21.9. The van der Waals surface area contributed by atoms with Crippen LogP contribution in [0, 0.1) is 13.8 Å². The van der Waals surface area contributed by atoms with Gasteiger partial charge in [0.15, 0.2) is 11.5 Å². The van der Waals surface area contributed by atoms with Gasteiger partial charge in [-0.05, 0) is 55.8 Å². The number of rotatable bonds is 5. The molecule has 0 aliphatic carbocycles. The van der Waals surface area contributed by atoms with Crippen LogP contribution in [0.2, 0.25) is 0 Å². The fraction of sp³-hybridized carbons (Fsp3) is 0.360. The SMILES string of the molecule is COc1ccc(C2=C(N3CCN(C)CC3)C(=O)N(c3cccc(C)c3C)C2=O)cc1OC. The van der Waals surface area contributed by atoms with E-state index in [4.69, 9.17) is 9.47 Å². The molecule has 0 aromatic heterocycles. The van der Waals surface area contributed by atoms with Gasteiger partial charge in [0.25, 0.3) is 11.8 Å². The molecular formula is C25H29N3O4. The van der Waals surface area contributed by atoms with Gasteiger partial charge in [0.05, 0.1) is 25.5 Å². The van der Waals surface area contributed by atoms with Crippen LogP contribution in [0.4, 0.5) is 5.69 Å². The van der Waals surface area contributed by atoms with Crippen LogP contribution in [0.15, 0.2) is 42.1 Å². The Kier molecular flexibility index (Phi) is 5.93. The highest BCUT2D eigenvalue weighted by Crippen LogP contribution is 2.39. The average molecular weight is 436 g/mol. The van der Waals surface area contributed by atoms with Gasteiger partial charge in [-0.25, -0.2) is 4.90 Å². The molecule has 1 saturated heterocycles. The van der Waals surface area contributed by atoms with Crippen LogP contribution >= 0.6 is 0 Å². The van der Waals surface area contributed by atoms with Gasteiger partial charge in [0.2, 0.25) is 0 Å². The van der Waals surface area contributed by atoms with Crippen molar-refractivity contribution in [2.75, 3.05) is 52.3 Å². The van der Waals surface area contributed by atoms with E-state index >= 15 is 0 Å². The Balaban J connectivity index is 1.86. The number of carbonyl (C=O) groups excluding carboxylic acids is 2. The number of carbonyl (C=O) groups is 2. The number of benzene rings is 2. The topological polar surface area (TPSA) is 62.3 Å². The molecule has 2 aliphatic heterocycles. The third-order valence-corrected chi connectivity index (χ3v) is 6.37. The van der Waals surface area contributed by atoms with Crippen LogP contribution in [0.3, 0.4) is 0 Å². The van der Waals surface area contributed by atoms with E-state index in [1.165, 1.54) is 4.90 Å². The summed E-state index contributed by atoms with van der Waals surface area (Å²) < 4.78 is 10.8. The van der Waals surface area contributed by atoms with E-state index < -0.39 is 0 Å². The number of nitrogens with zero attached hydrogens (tertiary/aromatic N) is 3. The summed E-state index contributed by atoms with van der Waals surface area (Å²) in [5, 5.41) is 0. The van der Waals surface area contributed by atoms with Crippen molar-refractivity contribution in [3.63, 3.8) is 0 Å². The molecule has 0 bridgehead atoms. The van der Waals surface area contributed by atoms with Crippen molar-refractivity contribution in [1.82, 2.24) is 9.80 Å². The van der Waals surface area contributed by atoms with Crippen molar-refractivity contribution in [3.05, 3.63) is 58.8 Å². The minimum Gasteiger partial charge on any atom is -0.493 e. The number of methoxy groups -OCH3 is 2. The fourth-order valence-corrected chi connectivity index (χ4v) is 4.29. The molecule has 32 heavy (non-hydrogen) atoms. The van der Waals surface area contributed by atoms with Crippen molar-refractivity contribution in [2.45, 2.75) is 13.8 Å². The van der Waals surface area contributed by atoms with Gasteiger partial charge < -0.3 is 19.3 Å². The molecule has 2 aromatic carbocycles. The summed E-state index contributed by atoms with van der Waals surface area (Å²) in [6, 6.07) is 11.0. The maximum Gasteiger partial charge on any atom is 0.282 e. The van der Waals surface area contributed by atoms with E-state index in [1.807, 2.05) is 43.0 Å². The number of likely N-dealkylation sites (N-methyl/N-ethyl adjacent to an activating group) is 1. The van der Waals surface area contributed by atoms with E-state index in [0.29, 0.717) is 47.1 Å². The number of aryl methyl sites for hydroxylation is 1. The number of ether oxygens (including phenoxy) is 2. The molecule has 0 N–H and O–H groups in total. The zero-order valence-electron chi connectivity index (χ0n) is 19.3. The largest absolute Gasteiger partial charge is 0.493 e. The number of piperazine rings is 1. The summed E-state index contributed by atoms with van der Waals surface area (Å²) in [7, 11) is 5.19. The lowest BCUT2D eigenvalue weighted by molar-refractivity contribution is -0.120. The van der Waals surface area contributed by atoms with E-state index in [-0.39, 0.29) is 11.8 Å². The van der Waals surface area contributed by atoms with Gasteiger partial charge in [0.1, 0.15) is 5.70 Å². The molecule has 0 radical (unpaired) electrons. The van der Waals surface area contributed by atoms with Crippen LogP contribution in [0.1, 0.15) is 16.7 Å².